The van der Waals surface area contributed by atoms with Crippen molar-refractivity contribution >= 4 is 23.5 Å². The molecule has 0 aromatic carbocycles. The molecule has 1 amide bonds. The molecule has 5 nitrogen and oxygen atoms in total. The van der Waals surface area contributed by atoms with E-state index < -0.39 is 5.97 Å². The van der Waals surface area contributed by atoms with Gasteiger partial charge in [0.2, 0.25) is 0 Å². The number of rotatable bonds is 4. The van der Waals surface area contributed by atoms with Crippen molar-refractivity contribution in [3.05, 3.63) is 23.0 Å². The van der Waals surface area contributed by atoms with Crippen LogP contribution in [-0.4, -0.2) is 29.5 Å². The van der Waals surface area contributed by atoms with Crippen molar-refractivity contribution in [3.8, 4) is 0 Å². The summed E-state index contributed by atoms with van der Waals surface area (Å²) in [4.78, 5) is 25.9. The highest BCUT2D eigenvalue weighted by molar-refractivity contribution is 6.30. The molecule has 0 saturated heterocycles. The average Bonchev–Trinajstić information content (AvgIpc) is 2.84. The van der Waals surface area contributed by atoms with Gasteiger partial charge in [-0.25, -0.2) is 4.79 Å². The Kier molecular flexibility index (Phi) is 4.85. The number of carbonyl (C=O) groups is 2. The average molecular weight is 285 g/mol. The van der Waals surface area contributed by atoms with Crippen LogP contribution in [0.4, 0.5) is 0 Å². The minimum absolute atomic E-state index is 0.222. The van der Waals surface area contributed by atoms with Crippen molar-refractivity contribution in [1.82, 2.24) is 10.3 Å². The first-order chi connectivity index (χ1) is 9.15. The van der Waals surface area contributed by atoms with Crippen molar-refractivity contribution in [3.63, 3.8) is 0 Å². The molecule has 1 aromatic rings. The lowest BCUT2D eigenvalue weighted by Gasteiger charge is -2.22. The van der Waals surface area contributed by atoms with E-state index in [2.05, 4.69) is 10.3 Å². The van der Waals surface area contributed by atoms with E-state index in [-0.39, 0.29) is 24.2 Å². The smallest absolute Gasteiger partial charge is 0.355 e. The zero-order valence-electron chi connectivity index (χ0n) is 10.6. The number of nitrogens with one attached hydrogen (secondary N) is 2. The standard InChI is InChI=1S/C13H17ClN2O3/c14-9-6-11(15-7-9)13(18)19-8-12(17)16-10-4-2-1-3-5-10/h6-7,10,15H,1-5,8H2,(H,16,17). The molecule has 0 bridgehead atoms. The van der Waals surface area contributed by atoms with Crippen molar-refractivity contribution < 1.29 is 14.3 Å². The highest BCUT2D eigenvalue weighted by atomic mass is 35.5. The van der Waals surface area contributed by atoms with Gasteiger partial charge in [-0.05, 0) is 18.9 Å². The number of carbonyl (C=O) groups excluding carboxylic acids is 2. The van der Waals surface area contributed by atoms with Crippen LogP contribution >= 0.6 is 11.6 Å². The van der Waals surface area contributed by atoms with E-state index in [4.69, 9.17) is 16.3 Å². The van der Waals surface area contributed by atoms with Crippen LogP contribution in [0, 0.1) is 0 Å². The maximum absolute atomic E-state index is 11.6. The van der Waals surface area contributed by atoms with Gasteiger partial charge in [0, 0.05) is 12.2 Å². The first-order valence-electron chi connectivity index (χ1n) is 6.45. The fourth-order valence-electron chi connectivity index (χ4n) is 2.21. The summed E-state index contributed by atoms with van der Waals surface area (Å²) >= 11 is 5.68. The Balaban J connectivity index is 1.72. The molecule has 1 saturated carbocycles. The topological polar surface area (TPSA) is 71.2 Å². The number of aromatic nitrogens is 1. The summed E-state index contributed by atoms with van der Waals surface area (Å²) in [6.45, 7) is -0.258. The van der Waals surface area contributed by atoms with Crippen molar-refractivity contribution in [2.75, 3.05) is 6.61 Å². The molecule has 0 atom stereocenters. The first-order valence-corrected chi connectivity index (χ1v) is 6.83. The molecule has 0 aliphatic heterocycles. The normalized spacial score (nSPS) is 16.1. The maximum atomic E-state index is 11.6. The van der Waals surface area contributed by atoms with Crippen molar-refractivity contribution in [2.24, 2.45) is 0 Å². The third kappa shape index (κ3) is 4.28. The monoisotopic (exact) mass is 284 g/mol. The molecule has 104 valence electrons. The Labute approximate surface area is 116 Å². The second-order valence-corrected chi connectivity index (χ2v) is 5.15. The van der Waals surface area contributed by atoms with Crippen LogP contribution < -0.4 is 5.32 Å². The third-order valence-corrected chi connectivity index (χ3v) is 3.39. The molecule has 0 spiro atoms. The van der Waals surface area contributed by atoms with Crippen LogP contribution in [0.3, 0.4) is 0 Å². The fourth-order valence-corrected chi connectivity index (χ4v) is 2.37. The predicted molar refractivity (Wildman–Crippen MR) is 71.1 cm³/mol. The van der Waals surface area contributed by atoms with Gasteiger partial charge in [-0.15, -0.1) is 0 Å². The van der Waals surface area contributed by atoms with Gasteiger partial charge in [0.05, 0.1) is 5.02 Å². The van der Waals surface area contributed by atoms with Gasteiger partial charge < -0.3 is 15.0 Å². The van der Waals surface area contributed by atoms with E-state index in [1.807, 2.05) is 0 Å². The molecule has 1 aliphatic rings. The fraction of sp³-hybridized carbons (Fsp3) is 0.538. The highest BCUT2D eigenvalue weighted by Gasteiger charge is 2.17. The van der Waals surface area contributed by atoms with E-state index in [1.165, 1.54) is 18.7 Å². The molecule has 1 heterocycles. The molecule has 2 rings (SSSR count). The van der Waals surface area contributed by atoms with Crippen LogP contribution in [0.2, 0.25) is 5.02 Å². The summed E-state index contributed by atoms with van der Waals surface area (Å²) in [5.74, 6) is -0.830. The quantitative estimate of drug-likeness (QED) is 0.833. The van der Waals surface area contributed by atoms with Crippen LogP contribution in [0.5, 0.6) is 0 Å². The lowest BCUT2D eigenvalue weighted by Crippen LogP contribution is -2.38. The molecule has 6 heteroatoms. The molecule has 1 aliphatic carbocycles. The van der Waals surface area contributed by atoms with Gasteiger partial charge in [-0.1, -0.05) is 30.9 Å². The second kappa shape index (κ2) is 6.61. The molecule has 2 N–H and O–H groups in total. The Morgan fingerprint density at radius 3 is 2.74 bits per heavy atom. The first kappa shape index (κ1) is 13.9. The minimum atomic E-state index is -0.578. The summed E-state index contributed by atoms with van der Waals surface area (Å²) in [6, 6.07) is 1.68. The van der Waals surface area contributed by atoms with Crippen LogP contribution in [0.25, 0.3) is 0 Å². The molecule has 0 radical (unpaired) electrons. The highest BCUT2D eigenvalue weighted by Crippen LogP contribution is 2.17. The van der Waals surface area contributed by atoms with Gasteiger partial charge in [0.25, 0.3) is 5.91 Å². The predicted octanol–water partition coefficient (Wildman–Crippen LogP) is 2.27. The number of esters is 1. The molecule has 1 aromatic heterocycles. The summed E-state index contributed by atoms with van der Waals surface area (Å²) < 4.78 is 4.90. The number of H-pyrrole nitrogens is 1. The molecular formula is C13H17ClN2O3. The van der Waals surface area contributed by atoms with Gasteiger partial charge in [0.15, 0.2) is 6.61 Å². The number of aromatic amines is 1. The van der Waals surface area contributed by atoms with Crippen LogP contribution in [0.15, 0.2) is 12.3 Å². The number of ether oxygens (including phenoxy) is 1. The van der Waals surface area contributed by atoms with E-state index in [0.717, 1.165) is 25.7 Å². The zero-order chi connectivity index (χ0) is 13.7. The van der Waals surface area contributed by atoms with Gasteiger partial charge in [-0.2, -0.15) is 0 Å². The number of amides is 1. The third-order valence-electron chi connectivity index (χ3n) is 3.17. The van der Waals surface area contributed by atoms with E-state index in [1.54, 1.807) is 0 Å². The number of hydrogen-bond donors (Lipinski definition) is 2. The Bertz CT molecular complexity index is 452. The van der Waals surface area contributed by atoms with Crippen molar-refractivity contribution in [1.29, 1.82) is 0 Å². The minimum Gasteiger partial charge on any atom is -0.451 e. The summed E-state index contributed by atoms with van der Waals surface area (Å²) in [5, 5.41) is 3.31. The Morgan fingerprint density at radius 2 is 2.11 bits per heavy atom. The van der Waals surface area contributed by atoms with Crippen LogP contribution in [-0.2, 0) is 9.53 Å². The summed E-state index contributed by atoms with van der Waals surface area (Å²) in [5.41, 5.74) is 0.246. The molecule has 19 heavy (non-hydrogen) atoms. The Morgan fingerprint density at radius 1 is 1.37 bits per heavy atom. The molecule has 1 fully saturated rings. The number of hydrogen-bond acceptors (Lipinski definition) is 3. The summed E-state index contributed by atoms with van der Waals surface area (Å²) in [6.07, 6.45) is 7.02. The molecule has 0 unspecified atom stereocenters. The maximum Gasteiger partial charge on any atom is 0.355 e. The van der Waals surface area contributed by atoms with Gasteiger partial charge in [-0.3, -0.25) is 4.79 Å². The van der Waals surface area contributed by atoms with E-state index >= 15 is 0 Å². The SMILES string of the molecule is O=C(COC(=O)c1cc(Cl)c[nH]1)NC1CCCCC1. The van der Waals surface area contributed by atoms with Gasteiger partial charge >= 0.3 is 5.97 Å². The zero-order valence-corrected chi connectivity index (χ0v) is 11.3. The molecular weight excluding hydrogens is 268 g/mol. The van der Waals surface area contributed by atoms with E-state index in [9.17, 15) is 9.59 Å². The van der Waals surface area contributed by atoms with Gasteiger partial charge in [0.1, 0.15) is 5.69 Å². The lowest BCUT2D eigenvalue weighted by atomic mass is 9.95. The van der Waals surface area contributed by atoms with Crippen molar-refractivity contribution in [2.45, 2.75) is 38.1 Å². The lowest BCUT2D eigenvalue weighted by molar-refractivity contribution is -0.125. The van der Waals surface area contributed by atoms with Crippen LogP contribution in [0.1, 0.15) is 42.6 Å². The largest absolute Gasteiger partial charge is 0.451 e. The van der Waals surface area contributed by atoms with E-state index in [0.29, 0.717) is 5.02 Å². The second-order valence-electron chi connectivity index (χ2n) is 4.71. The summed E-state index contributed by atoms with van der Waals surface area (Å²) in [7, 11) is 0. The Hall–Kier alpha value is -1.49. The number of halogens is 1.